The van der Waals surface area contributed by atoms with E-state index in [1.165, 1.54) is 0 Å². The van der Waals surface area contributed by atoms with Gasteiger partial charge in [-0.2, -0.15) is 0 Å². The van der Waals surface area contributed by atoms with E-state index in [0.29, 0.717) is 29.9 Å². The number of carbonyl (C=O) groups is 4. The number of benzene rings is 2. The fourth-order valence-electron chi connectivity index (χ4n) is 4.36. The van der Waals surface area contributed by atoms with Crippen molar-refractivity contribution in [1.29, 1.82) is 0 Å². The second-order valence-electron chi connectivity index (χ2n) is 10.0. The molecule has 1 unspecified atom stereocenters. The molecular formula is C26H30N4O4. The first-order chi connectivity index (χ1) is 16.0. The smallest absolute Gasteiger partial charge is 0.324 e. The van der Waals surface area contributed by atoms with Crippen LogP contribution in [0.4, 0.5) is 16.2 Å². The van der Waals surface area contributed by atoms with Gasteiger partial charge in [0.1, 0.15) is 12.1 Å². The Bertz CT molecular complexity index is 1150. The first-order valence-electron chi connectivity index (χ1n) is 11.4. The van der Waals surface area contributed by atoms with Crippen molar-refractivity contribution in [3.8, 4) is 0 Å². The van der Waals surface area contributed by atoms with E-state index in [-0.39, 0.29) is 11.3 Å². The number of carbonyl (C=O) groups excluding carboxylic acids is 4. The van der Waals surface area contributed by atoms with E-state index in [1.807, 2.05) is 30.3 Å². The largest absolute Gasteiger partial charge is 0.325 e. The zero-order chi connectivity index (χ0) is 24.7. The van der Waals surface area contributed by atoms with Gasteiger partial charge in [-0.1, -0.05) is 51.1 Å². The zero-order valence-electron chi connectivity index (χ0n) is 20.0. The van der Waals surface area contributed by atoms with Gasteiger partial charge >= 0.3 is 6.03 Å². The van der Waals surface area contributed by atoms with E-state index in [0.717, 1.165) is 16.9 Å². The van der Waals surface area contributed by atoms with Crippen molar-refractivity contribution in [1.82, 2.24) is 10.2 Å². The van der Waals surface area contributed by atoms with Gasteiger partial charge in [0, 0.05) is 24.3 Å². The number of nitrogens with zero attached hydrogens (tertiary/aromatic N) is 2. The van der Waals surface area contributed by atoms with Gasteiger partial charge in [0.15, 0.2) is 0 Å². The number of nitrogens with one attached hydrogen (secondary N) is 2. The standard InChI is InChI=1S/C26H30N4O4/c1-25(2,3)17-10-12-18(13-11-17)26(4)23(33)30(24(34)28-26)16-21(31)27-19-7-5-8-20(15-19)29-14-6-9-22(29)32/h5,7-8,10-13,15H,6,9,14,16H2,1-4H3,(H,27,31)(H,28,34). The normalized spacial score (nSPS) is 20.6. The molecule has 8 nitrogen and oxygen atoms in total. The molecule has 0 spiro atoms. The molecule has 0 aromatic heterocycles. The Morgan fingerprint density at radius 2 is 1.79 bits per heavy atom. The zero-order valence-corrected chi connectivity index (χ0v) is 20.0. The summed E-state index contributed by atoms with van der Waals surface area (Å²) in [5.41, 5.74) is 1.70. The Kier molecular flexibility index (Phi) is 5.93. The summed E-state index contributed by atoms with van der Waals surface area (Å²) in [5, 5.41) is 5.47. The molecule has 0 aliphatic carbocycles. The molecule has 2 aromatic rings. The maximum atomic E-state index is 13.2. The number of urea groups is 1. The second-order valence-corrected chi connectivity index (χ2v) is 10.0. The van der Waals surface area contributed by atoms with Gasteiger partial charge in [-0.05, 0) is 48.1 Å². The Morgan fingerprint density at radius 1 is 1.09 bits per heavy atom. The van der Waals surface area contributed by atoms with Gasteiger partial charge in [-0.3, -0.25) is 19.3 Å². The van der Waals surface area contributed by atoms with Gasteiger partial charge in [-0.25, -0.2) is 4.79 Å². The molecule has 2 heterocycles. The van der Waals surface area contributed by atoms with Crippen LogP contribution in [0.15, 0.2) is 48.5 Å². The maximum Gasteiger partial charge on any atom is 0.325 e. The number of hydrogen-bond donors (Lipinski definition) is 2. The van der Waals surface area contributed by atoms with Crippen LogP contribution in [0, 0.1) is 0 Å². The highest BCUT2D eigenvalue weighted by Crippen LogP contribution is 2.31. The van der Waals surface area contributed by atoms with Crippen molar-refractivity contribution < 1.29 is 19.2 Å². The predicted octanol–water partition coefficient (Wildman–Crippen LogP) is 3.52. The minimum Gasteiger partial charge on any atom is -0.324 e. The first-order valence-corrected chi connectivity index (χ1v) is 11.4. The molecule has 2 fully saturated rings. The summed E-state index contributed by atoms with van der Waals surface area (Å²) in [6, 6.07) is 14.0. The van der Waals surface area contributed by atoms with Crippen molar-refractivity contribution in [2.45, 2.75) is 51.5 Å². The minimum atomic E-state index is -1.25. The van der Waals surface area contributed by atoms with Gasteiger partial charge in [0.2, 0.25) is 11.8 Å². The third-order valence-corrected chi connectivity index (χ3v) is 6.42. The SMILES string of the molecule is CC(C)(C)c1ccc(C2(C)NC(=O)N(CC(=O)Nc3cccc(N4CCCC4=O)c3)C2=O)cc1. The van der Waals surface area contributed by atoms with E-state index in [9.17, 15) is 19.2 Å². The topological polar surface area (TPSA) is 98.8 Å². The van der Waals surface area contributed by atoms with Crippen LogP contribution in [0.25, 0.3) is 0 Å². The summed E-state index contributed by atoms with van der Waals surface area (Å²) in [5.74, 6) is -0.925. The van der Waals surface area contributed by atoms with E-state index < -0.39 is 29.9 Å². The number of imide groups is 1. The highest BCUT2D eigenvalue weighted by atomic mass is 16.2. The van der Waals surface area contributed by atoms with Crippen LogP contribution in [-0.4, -0.2) is 41.7 Å². The lowest BCUT2D eigenvalue weighted by Crippen LogP contribution is -2.42. The summed E-state index contributed by atoms with van der Waals surface area (Å²) in [7, 11) is 0. The number of amides is 5. The van der Waals surface area contributed by atoms with Crippen molar-refractivity contribution in [2.24, 2.45) is 0 Å². The average molecular weight is 463 g/mol. The number of anilines is 2. The summed E-state index contributed by atoms with van der Waals surface area (Å²) >= 11 is 0. The fourth-order valence-corrected chi connectivity index (χ4v) is 4.36. The minimum absolute atomic E-state index is 0.0359. The summed E-state index contributed by atoms with van der Waals surface area (Å²) in [6.07, 6.45) is 1.32. The molecule has 5 amide bonds. The second kappa shape index (κ2) is 8.59. The number of rotatable bonds is 5. The molecule has 2 aromatic carbocycles. The molecular weight excluding hydrogens is 432 g/mol. The molecule has 0 bridgehead atoms. The average Bonchev–Trinajstić information content (AvgIpc) is 3.30. The quantitative estimate of drug-likeness (QED) is 0.664. The Balaban J connectivity index is 1.45. The molecule has 178 valence electrons. The maximum absolute atomic E-state index is 13.2. The molecule has 2 aliphatic rings. The molecule has 2 aliphatic heterocycles. The lowest BCUT2D eigenvalue weighted by molar-refractivity contribution is -0.133. The highest BCUT2D eigenvalue weighted by Gasteiger charge is 2.49. The molecule has 0 radical (unpaired) electrons. The van der Waals surface area contributed by atoms with Crippen molar-refractivity contribution >= 4 is 35.1 Å². The summed E-state index contributed by atoms with van der Waals surface area (Å²) < 4.78 is 0. The molecule has 0 saturated carbocycles. The van der Waals surface area contributed by atoms with Gasteiger partial charge < -0.3 is 15.5 Å². The van der Waals surface area contributed by atoms with Gasteiger partial charge in [0.25, 0.3) is 5.91 Å². The summed E-state index contributed by atoms with van der Waals surface area (Å²) in [4.78, 5) is 53.1. The van der Waals surface area contributed by atoms with E-state index in [2.05, 4.69) is 31.4 Å². The Hall–Kier alpha value is -3.68. The highest BCUT2D eigenvalue weighted by molar-refractivity contribution is 6.10. The van der Waals surface area contributed by atoms with Crippen LogP contribution in [-0.2, 0) is 25.3 Å². The molecule has 34 heavy (non-hydrogen) atoms. The van der Waals surface area contributed by atoms with Crippen LogP contribution in [0.3, 0.4) is 0 Å². The van der Waals surface area contributed by atoms with Crippen LogP contribution < -0.4 is 15.5 Å². The van der Waals surface area contributed by atoms with E-state index >= 15 is 0 Å². The molecule has 1 atom stereocenters. The van der Waals surface area contributed by atoms with Crippen molar-refractivity contribution in [3.05, 3.63) is 59.7 Å². The van der Waals surface area contributed by atoms with E-state index in [1.54, 1.807) is 30.0 Å². The van der Waals surface area contributed by atoms with Crippen molar-refractivity contribution in [2.75, 3.05) is 23.3 Å². The van der Waals surface area contributed by atoms with Crippen LogP contribution >= 0.6 is 0 Å². The van der Waals surface area contributed by atoms with Crippen LogP contribution in [0.5, 0.6) is 0 Å². The molecule has 2 N–H and O–H groups in total. The Morgan fingerprint density at radius 3 is 2.41 bits per heavy atom. The molecule has 2 saturated heterocycles. The van der Waals surface area contributed by atoms with Crippen LogP contribution in [0.1, 0.15) is 51.7 Å². The van der Waals surface area contributed by atoms with Gasteiger partial charge in [-0.15, -0.1) is 0 Å². The lowest BCUT2D eigenvalue weighted by Gasteiger charge is -2.24. The van der Waals surface area contributed by atoms with Crippen LogP contribution in [0.2, 0.25) is 0 Å². The number of hydrogen-bond acceptors (Lipinski definition) is 4. The molecule has 8 heteroatoms. The Labute approximate surface area is 199 Å². The molecule has 4 rings (SSSR count). The predicted molar refractivity (Wildman–Crippen MR) is 129 cm³/mol. The monoisotopic (exact) mass is 462 g/mol. The fraction of sp³-hybridized carbons (Fsp3) is 0.385. The summed E-state index contributed by atoms with van der Waals surface area (Å²) in [6.45, 7) is 8.19. The van der Waals surface area contributed by atoms with E-state index in [4.69, 9.17) is 0 Å². The first kappa shape index (κ1) is 23.5. The van der Waals surface area contributed by atoms with Crippen molar-refractivity contribution in [3.63, 3.8) is 0 Å². The third-order valence-electron chi connectivity index (χ3n) is 6.42. The third kappa shape index (κ3) is 4.40. The lowest BCUT2D eigenvalue weighted by atomic mass is 9.84. The van der Waals surface area contributed by atoms with Gasteiger partial charge in [0.05, 0.1) is 0 Å².